The molecule has 0 amide bonds. The summed E-state index contributed by atoms with van der Waals surface area (Å²) in [4.78, 5) is 10.6. The second kappa shape index (κ2) is 5.67. The molecule has 1 aromatic rings. The standard InChI is InChI=1S/C13H11ClO5/c1-8(14)6-17-10-5-12-11(18-7-19-12)4-9(10)2-3-13(15)16/h2-5H,1,6-7H2,(H,15,16). The van der Waals surface area contributed by atoms with Crippen molar-refractivity contribution in [1.29, 1.82) is 0 Å². The third kappa shape index (κ3) is 3.42. The van der Waals surface area contributed by atoms with E-state index in [1.54, 1.807) is 12.1 Å². The summed E-state index contributed by atoms with van der Waals surface area (Å²) in [5, 5.41) is 9.00. The maximum Gasteiger partial charge on any atom is 0.328 e. The minimum Gasteiger partial charge on any atom is -0.487 e. The molecular formula is C13H11ClO5. The van der Waals surface area contributed by atoms with Crippen molar-refractivity contribution in [3.63, 3.8) is 0 Å². The van der Waals surface area contributed by atoms with Gasteiger partial charge in [0, 0.05) is 22.7 Å². The number of carboxylic acid groups (broad SMARTS) is 1. The summed E-state index contributed by atoms with van der Waals surface area (Å²) < 4.78 is 15.9. The highest BCUT2D eigenvalue weighted by atomic mass is 35.5. The molecule has 1 N–H and O–H groups in total. The minimum atomic E-state index is -1.05. The zero-order valence-corrected chi connectivity index (χ0v) is 10.6. The van der Waals surface area contributed by atoms with E-state index in [1.807, 2.05) is 0 Å². The van der Waals surface area contributed by atoms with Gasteiger partial charge in [0.1, 0.15) is 12.4 Å². The summed E-state index contributed by atoms with van der Waals surface area (Å²) >= 11 is 5.64. The first-order valence-electron chi connectivity index (χ1n) is 5.37. The lowest BCUT2D eigenvalue weighted by Gasteiger charge is -2.09. The molecule has 0 saturated heterocycles. The van der Waals surface area contributed by atoms with E-state index in [9.17, 15) is 4.79 Å². The van der Waals surface area contributed by atoms with E-state index in [-0.39, 0.29) is 13.4 Å². The Kier molecular flexibility index (Phi) is 3.97. The fourth-order valence-corrected chi connectivity index (χ4v) is 1.57. The molecule has 1 aliphatic heterocycles. The number of hydrogen-bond acceptors (Lipinski definition) is 4. The predicted molar refractivity (Wildman–Crippen MR) is 69.7 cm³/mol. The largest absolute Gasteiger partial charge is 0.487 e. The van der Waals surface area contributed by atoms with Crippen LogP contribution < -0.4 is 14.2 Å². The Bertz CT molecular complexity index is 550. The van der Waals surface area contributed by atoms with Crippen LogP contribution in [0, 0.1) is 0 Å². The van der Waals surface area contributed by atoms with Crippen molar-refractivity contribution >= 4 is 23.6 Å². The number of rotatable bonds is 5. The van der Waals surface area contributed by atoms with Gasteiger partial charge < -0.3 is 19.3 Å². The second-order valence-electron chi connectivity index (χ2n) is 3.72. The second-order valence-corrected chi connectivity index (χ2v) is 4.26. The summed E-state index contributed by atoms with van der Waals surface area (Å²) in [6, 6.07) is 3.28. The van der Waals surface area contributed by atoms with Gasteiger partial charge in [-0.1, -0.05) is 18.2 Å². The van der Waals surface area contributed by atoms with E-state index < -0.39 is 5.97 Å². The Morgan fingerprint density at radius 1 is 1.47 bits per heavy atom. The lowest BCUT2D eigenvalue weighted by Crippen LogP contribution is -1.98. The molecule has 0 saturated carbocycles. The third-order valence-electron chi connectivity index (χ3n) is 2.29. The van der Waals surface area contributed by atoms with Gasteiger partial charge in [0.05, 0.1) is 0 Å². The van der Waals surface area contributed by atoms with Gasteiger partial charge in [0.15, 0.2) is 11.5 Å². The van der Waals surface area contributed by atoms with E-state index in [4.69, 9.17) is 30.9 Å². The molecule has 1 aromatic carbocycles. The number of halogens is 1. The highest BCUT2D eigenvalue weighted by Gasteiger charge is 2.17. The first-order chi connectivity index (χ1) is 9.06. The Labute approximate surface area is 114 Å². The summed E-state index contributed by atoms with van der Waals surface area (Å²) in [7, 11) is 0. The van der Waals surface area contributed by atoms with E-state index in [0.29, 0.717) is 27.8 Å². The van der Waals surface area contributed by atoms with Crippen molar-refractivity contribution in [2.45, 2.75) is 0 Å². The highest BCUT2D eigenvalue weighted by molar-refractivity contribution is 6.29. The topological polar surface area (TPSA) is 65.0 Å². The van der Waals surface area contributed by atoms with E-state index in [1.165, 1.54) is 6.08 Å². The lowest BCUT2D eigenvalue weighted by atomic mass is 10.1. The van der Waals surface area contributed by atoms with Gasteiger partial charge >= 0.3 is 5.97 Å². The van der Waals surface area contributed by atoms with Gasteiger partial charge in [-0.15, -0.1) is 0 Å². The molecule has 6 heteroatoms. The van der Waals surface area contributed by atoms with Crippen LogP contribution >= 0.6 is 11.6 Å². The molecule has 0 radical (unpaired) electrons. The number of carbonyl (C=O) groups is 1. The summed E-state index contributed by atoms with van der Waals surface area (Å²) in [6.07, 6.45) is 2.43. The van der Waals surface area contributed by atoms with Crippen molar-refractivity contribution in [3.8, 4) is 17.2 Å². The summed E-state index contributed by atoms with van der Waals surface area (Å²) in [5.74, 6) is 0.485. The van der Waals surface area contributed by atoms with Crippen LogP contribution in [0.5, 0.6) is 17.2 Å². The van der Waals surface area contributed by atoms with Crippen molar-refractivity contribution in [3.05, 3.63) is 35.4 Å². The van der Waals surface area contributed by atoms with Crippen LogP contribution in [0.15, 0.2) is 29.8 Å². The Morgan fingerprint density at radius 3 is 2.79 bits per heavy atom. The van der Waals surface area contributed by atoms with Crippen LogP contribution in [0.3, 0.4) is 0 Å². The fourth-order valence-electron chi connectivity index (χ4n) is 1.51. The van der Waals surface area contributed by atoms with E-state index >= 15 is 0 Å². The van der Waals surface area contributed by atoms with Crippen molar-refractivity contribution in [1.82, 2.24) is 0 Å². The average Bonchev–Trinajstić information content (AvgIpc) is 2.79. The SMILES string of the molecule is C=C(Cl)COc1cc2c(cc1C=CC(=O)O)OCO2. The van der Waals surface area contributed by atoms with Crippen molar-refractivity contribution in [2.24, 2.45) is 0 Å². The zero-order valence-electron chi connectivity index (χ0n) is 9.89. The molecule has 0 spiro atoms. The molecule has 5 nitrogen and oxygen atoms in total. The summed E-state index contributed by atoms with van der Waals surface area (Å²) in [6.45, 7) is 3.77. The number of benzene rings is 1. The Balaban J connectivity index is 2.31. The average molecular weight is 283 g/mol. The maximum atomic E-state index is 10.6. The number of ether oxygens (including phenoxy) is 3. The smallest absolute Gasteiger partial charge is 0.328 e. The van der Waals surface area contributed by atoms with Gasteiger partial charge in [-0.05, 0) is 12.1 Å². The lowest BCUT2D eigenvalue weighted by molar-refractivity contribution is -0.131. The molecule has 0 unspecified atom stereocenters. The summed E-state index contributed by atoms with van der Waals surface area (Å²) in [5.41, 5.74) is 0.560. The van der Waals surface area contributed by atoms with Crippen molar-refractivity contribution in [2.75, 3.05) is 13.4 Å². The van der Waals surface area contributed by atoms with Gasteiger partial charge in [0.2, 0.25) is 6.79 Å². The molecule has 19 heavy (non-hydrogen) atoms. The van der Waals surface area contributed by atoms with Crippen molar-refractivity contribution < 1.29 is 24.1 Å². The van der Waals surface area contributed by atoms with Gasteiger partial charge in [-0.25, -0.2) is 4.79 Å². The maximum absolute atomic E-state index is 10.6. The molecule has 0 atom stereocenters. The molecular weight excluding hydrogens is 272 g/mol. The normalized spacial score (nSPS) is 12.7. The van der Waals surface area contributed by atoms with Gasteiger partial charge in [0.25, 0.3) is 0 Å². The molecule has 1 aliphatic rings. The molecule has 1 heterocycles. The van der Waals surface area contributed by atoms with E-state index in [2.05, 4.69) is 6.58 Å². The zero-order chi connectivity index (χ0) is 13.8. The monoisotopic (exact) mass is 282 g/mol. The van der Waals surface area contributed by atoms with Crippen LogP contribution in [0.2, 0.25) is 0 Å². The van der Waals surface area contributed by atoms with Crippen LogP contribution in [0.25, 0.3) is 6.08 Å². The minimum absolute atomic E-state index is 0.120. The van der Waals surface area contributed by atoms with E-state index in [0.717, 1.165) is 6.08 Å². The Hall–Kier alpha value is -2.14. The van der Waals surface area contributed by atoms with Gasteiger partial charge in [-0.2, -0.15) is 0 Å². The number of carboxylic acids is 1. The molecule has 0 aromatic heterocycles. The third-order valence-corrected chi connectivity index (χ3v) is 2.40. The number of hydrogen-bond donors (Lipinski definition) is 1. The van der Waals surface area contributed by atoms with Gasteiger partial charge in [-0.3, -0.25) is 0 Å². The molecule has 0 aliphatic carbocycles. The number of fused-ring (bicyclic) bond motifs is 1. The first kappa shape index (κ1) is 13.3. The van der Waals surface area contributed by atoms with Crippen LogP contribution in [-0.4, -0.2) is 24.5 Å². The fraction of sp³-hybridized carbons (Fsp3) is 0.154. The van der Waals surface area contributed by atoms with Crippen LogP contribution in [0.4, 0.5) is 0 Å². The van der Waals surface area contributed by atoms with Crippen LogP contribution in [0.1, 0.15) is 5.56 Å². The molecule has 0 fully saturated rings. The van der Waals surface area contributed by atoms with Crippen LogP contribution in [-0.2, 0) is 4.79 Å². The highest BCUT2D eigenvalue weighted by Crippen LogP contribution is 2.38. The molecule has 2 rings (SSSR count). The molecule has 100 valence electrons. The Morgan fingerprint density at radius 2 is 2.16 bits per heavy atom. The molecule has 0 bridgehead atoms. The predicted octanol–water partition coefficient (Wildman–Crippen LogP) is 2.64. The first-order valence-corrected chi connectivity index (χ1v) is 5.75. The number of aliphatic carboxylic acids is 1. The quantitative estimate of drug-likeness (QED) is 0.841.